The van der Waals surface area contributed by atoms with E-state index >= 15 is 0 Å². The summed E-state index contributed by atoms with van der Waals surface area (Å²) in [6.45, 7) is 1.63. The van der Waals surface area contributed by atoms with Gasteiger partial charge in [-0.25, -0.2) is 5.43 Å². The number of nitrogens with zero attached hydrogens (tertiary/aromatic N) is 2. The van der Waals surface area contributed by atoms with Crippen LogP contribution in [0.1, 0.15) is 11.8 Å². The number of nitrogens with one attached hydrogen (secondary N) is 1. The highest BCUT2D eigenvalue weighted by Gasteiger charge is 2.15. The van der Waals surface area contributed by atoms with Crippen molar-refractivity contribution in [2.75, 3.05) is 0 Å². The van der Waals surface area contributed by atoms with Crippen molar-refractivity contribution >= 4 is 39.9 Å². The molecule has 3 aromatic rings. The maximum Gasteiger partial charge on any atom is 0.280 e. The standard InChI is InChI=1S/C18H15N3O4S/c1-12(25-17-8-4-6-13-5-2-3-7-16(13)17)18(22)20-19-10-15-9-14(11-26-15)21(23)24/h2-12H,1H3,(H,20,22)/b19-10+. The predicted molar refractivity (Wildman–Crippen MR) is 101 cm³/mol. The number of thiophene rings is 1. The van der Waals surface area contributed by atoms with Crippen LogP contribution in [0.2, 0.25) is 0 Å². The van der Waals surface area contributed by atoms with Crippen LogP contribution in [-0.4, -0.2) is 23.1 Å². The van der Waals surface area contributed by atoms with Gasteiger partial charge in [0.05, 0.1) is 21.4 Å². The van der Waals surface area contributed by atoms with Crippen LogP contribution in [-0.2, 0) is 4.79 Å². The van der Waals surface area contributed by atoms with Crippen LogP contribution in [0.3, 0.4) is 0 Å². The first-order valence-corrected chi connectivity index (χ1v) is 8.63. The first kappa shape index (κ1) is 17.6. The van der Waals surface area contributed by atoms with E-state index in [0.29, 0.717) is 10.6 Å². The molecule has 0 spiro atoms. The van der Waals surface area contributed by atoms with Crippen LogP contribution in [0.4, 0.5) is 5.69 Å². The van der Waals surface area contributed by atoms with Crippen molar-refractivity contribution in [1.29, 1.82) is 0 Å². The number of fused-ring (bicyclic) bond motifs is 1. The Kier molecular flexibility index (Phi) is 5.23. The molecule has 3 rings (SSSR count). The number of amides is 1. The molecule has 0 bridgehead atoms. The van der Waals surface area contributed by atoms with Gasteiger partial charge < -0.3 is 4.74 Å². The van der Waals surface area contributed by atoms with Gasteiger partial charge in [0.1, 0.15) is 5.75 Å². The summed E-state index contributed by atoms with van der Waals surface area (Å²) < 4.78 is 5.76. The van der Waals surface area contributed by atoms with E-state index in [1.807, 2.05) is 36.4 Å². The molecule has 1 unspecified atom stereocenters. The Morgan fingerprint density at radius 1 is 1.31 bits per heavy atom. The molecular weight excluding hydrogens is 354 g/mol. The highest BCUT2D eigenvalue weighted by atomic mass is 32.1. The van der Waals surface area contributed by atoms with Crippen LogP contribution >= 0.6 is 11.3 Å². The molecule has 132 valence electrons. The monoisotopic (exact) mass is 369 g/mol. The Balaban J connectivity index is 1.62. The number of hydrogen-bond acceptors (Lipinski definition) is 6. The van der Waals surface area contributed by atoms with Crippen molar-refractivity contribution in [2.24, 2.45) is 5.10 Å². The Bertz CT molecular complexity index is 978. The molecule has 1 N–H and O–H groups in total. The van der Waals surface area contributed by atoms with Gasteiger partial charge in [-0.15, -0.1) is 11.3 Å². The van der Waals surface area contributed by atoms with E-state index in [2.05, 4.69) is 10.5 Å². The summed E-state index contributed by atoms with van der Waals surface area (Å²) >= 11 is 1.17. The lowest BCUT2D eigenvalue weighted by Gasteiger charge is -2.14. The summed E-state index contributed by atoms with van der Waals surface area (Å²) in [4.78, 5) is 22.9. The van der Waals surface area contributed by atoms with Crippen LogP contribution in [0, 0.1) is 10.1 Å². The maximum absolute atomic E-state index is 12.1. The van der Waals surface area contributed by atoms with E-state index in [1.54, 1.807) is 13.0 Å². The molecule has 0 aliphatic heterocycles. The molecule has 26 heavy (non-hydrogen) atoms. The van der Waals surface area contributed by atoms with Crippen LogP contribution in [0.25, 0.3) is 10.8 Å². The summed E-state index contributed by atoms with van der Waals surface area (Å²) in [5.41, 5.74) is 2.38. The first-order valence-electron chi connectivity index (χ1n) is 7.75. The minimum atomic E-state index is -0.754. The number of nitro groups is 1. The molecule has 0 saturated heterocycles. The summed E-state index contributed by atoms with van der Waals surface area (Å²) in [7, 11) is 0. The molecule has 0 aliphatic carbocycles. The summed E-state index contributed by atoms with van der Waals surface area (Å²) in [6.07, 6.45) is 0.607. The van der Waals surface area contributed by atoms with Crippen LogP contribution in [0.5, 0.6) is 5.75 Å². The second kappa shape index (κ2) is 7.75. The highest BCUT2D eigenvalue weighted by molar-refractivity contribution is 7.12. The number of carbonyl (C=O) groups is 1. The second-order valence-electron chi connectivity index (χ2n) is 5.44. The van der Waals surface area contributed by atoms with Crippen molar-refractivity contribution in [2.45, 2.75) is 13.0 Å². The average Bonchev–Trinajstić information content (AvgIpc) is 3.11. The molecule has 2 aromatic carbocycles. The van der Waals surface area contributed by atoms with Gasteiger partial charge in [-0.3, -0.25) is 14.9 Å². The molecule has 8 heteroatoms. The Morgan fingerprint density at radius 2 is 2.08 bits per heavy atom. The van der Waals surface area contributed by atoms with Crippen LogP contribution in [0.15, 0.2) is 59.0 Å². The molecule has 1 heterocycles. The zero-order chi connectivity index (χ0) is 18.5. The molecule has 1 aromatic heterocycles. The Morgan fingerprint density at radius 3 is 2.85 bits per heavy atom. The van der Waals surface area contributed by atoms with E-state index in [-0.39, 0.29) is 5.69 Å². The number of hydrazone groups is 1. The zero-order valence-electron chi connectivity index (χ0n) is 13.8. The lowest BCUT2D eigenvalue weighted by atomic mass is 10.1. The number of carbonyl (C=O) groups excluding carboxylic acids is 1. The fourth-order valence-electron chi connectivity index (χ4n) is 2.30. The van der Waals surface area contributed by atoms with Gasteiger partial charge in [-0.05, 0) is 18.4 Å². The van der Waals surface area contributed by atoms with E-state index in [4.69, 9.17) is 4.74 Å². The van der Waals surface area contributed by atoms with Gasteiger partial charge in [-0.1, -0.05) is 36.4 Å². The third kappa shape index (κ3) is 4.04. The molecule has 0 aliphatic rings. The van der Waals surface area contributed by atoms with Crippen LogP contribution < -0.4 is 10.2 Å². The van der Waals surface area contributed by atoms with Gasteiger partial charge in [-0.2, -0.15) is 5.10 Å². The van der Waals surface area contributed by atoms with Gasteiger partial charge in [0.2, 0.25) is 0 Å². The maximum atomic E-state index is 12.1. The third-order valence-electron chi connectivity index (χ3n) is 3.61. The van der Waals surface area contributed by atoms with Crippen molar-refractivity contribution in [3.63, 3.8) is 0 Å². The second-order valence-corrected chi connectivity index (χ2v) is 6.38. The lowest BCUT2D eigenvalue weighted by Crippen LogP contribution is -2.33. The smallest absolute Gasteiger partial charge is 0.280 e. The molecule has 7 nitrogen and oxygen atoms in total. The van der Waals surface area contributed by atoms with Gasteiger partial charge in [0, 0.05) is 11.5 Å². The van der Waals surface area contributed by atoms with Crippen molar-refractivity contribution in [3.8, 4) is 5.75 Å². The predicted octanol–water partition coefficient (Wildman–Crippen LogP) is 3.73. The number of benzene rings is 2. The summed E-state index contributed by atoms with van der Waals surface area (Å²) in [6, 6.07) is 14.8. The SMILES string of the molecule is CC(Oc1cccc2ccccc12)C(=O)N/N=C/c1cc([N+](=O)[O-])cs1. The summed E-state index contributed by atoms with van der Waals surface area (Å²) in [5.74, 6) is 0.198. The Labute approximate surface area is 153 Å². The fraction of sp³-hybridized carbons (Fsp3) is 0.111. The fourth-order valence-corrected chi connectivity index (χ4v) is 3.01. The number of rotatable bonds is 6. The van der Waals surface area contributed by atoms with E-state index < -0.39 is 16.9 Å². The minimum Gasteiger partial charge on any atom is -0.480 e. The van der Waals surface area contributed by atoms with Gasteiger partial charge in [0.15, 0.2) is 6.10 Å². The minimum absolute atomic E-state index is 0.00423. The van der Waals surface area contributed by atoms with Crippen molar-refractivity contribution in [1.82, 2.24) is 5.43 Å². The quantitative estimate of drug-likeness (QED) is 0.407. The topological polar surface area (TPSA) is 93.8 Å². The summed E-state index contributed by atoms with van der Waals surface area (Å²) in [5, 5.41) is 17.8. The van der Waals surface area contributed by atoms with E-state index in [1.165, 1.54) is 29.0 Å². The molecule has 1 amide bonds. The number of hydrogen-bond donors (Lipinski definition) is 1. The molecule has 0 radical (unpaired) electrons. The van der Waals surface area contributed by atoms with Crippen molar-refractivity contribution < 1.29 is 14.5 Å². The average molecular weight is 369 g/mol. The first-order chi connectivity index (χ1) is 12.5. The normalized spacial score (nSPS) is 12.2. The van der Waals surface area contributed by atoms with E-state index in [9.17, 15) is 14.9 Å². The lowest BCUT2D eigenvalue weighted by molar-refractivity contribution is -0.384. The highest BCUT2D eigenvalue weighted by Crippen LogP contribution is 2.26. The van der Waals surface area contributed by atoms with Gasteiger partial charge in [0.25, 0.3) is 11.6 Å². The van der Waals surface area contributed by atoms with E-state index in [0.717, 1.165) is 10.8 Å². The number of ether oxygens (including phenoxy) is 1. The molecule has 0 fully saturated rings. The third-order valence-corrected chi connectivity index (χ3v) is 4.46. The Hall–Kier alpha value is -3.26. The molecule has 0 saturated carbocycles. The molecular formula is C18H15N3O4S. The zero-order valence-corrected chi connectivity index (χ0v) is 14.6. The van der Waals surface area contributed by atoms with Gasteiger partial charge >= 0.3 is 0 Å². The largest absolute Gasteiger partial charge is 0.480 e. The van der Waals surface area contributed by atoms with Crippen molar-refractivity contribution in [3.05, 3.63) is 68.9 Å². The molecule has 1 atom stereocenters.